The molecule has 0 unspecified atom stereocenters. The lowest BCUT2D eigenvalue weighted by atomic mass is 10.3. The molecule has 0 saturated heterocycles. The molecule has 1 aliphatic rings. The van der Waals surface area contributed by atoms with E-state index in [9.17, 15) is 0 Å². The van der Waals surface area contributed by atoms with Crippen molar-refractivity contribution in [1.82, 2.24) is 9.97 Å². The average molecular weight is 353 g/mol. The summed E-state index contributed by atoms with van der Waals surface area (Å²) >= 11 is 2.25. The van der Waals surface area contributed by atoms with E-state index in [1.807, 2.05) is 24.3 Å². The molecule has 4 nitrogen and oxygen atoms in total. The summed E-state index contributed by atoms with van der Waals surface area (Å²) in [5.41, 5.74) is 5.77. The number of anilines is 1. The van der Waals surface area contributed by atoms with E-state index in [2.05, 4.69) is 32.6 Å². The highest BCUT2D eigenvalue weighted by Gasteiger charge is 2.27. The van der Waals surface area contributed by atoms with Crippen LogP contribution >= 0.6 is 22.6 Å². The molecule has 5 heteroatoms. The molecule has 18 heavy (non-hydrogen) atoms. The van der Waals surface area contributed by atoms with Crippen molar-refractivity contribution in [3.63, 3.8) is 0 Å². The highest BCUT2D eigenvalue weighted by molar-refractivity contribution is 14.1. The van der Waals surface area contributed by atoms with E-state index in [4.69, 9.17) is 10.5 Å². The van der Waals surface area contributed by atoms with Crippen LogP contribution in [0.15, 0.2) is 30.3 Å². The Labute approximate surface area is 119 Å². The standard InChI is InChI=1S/C13H12IN3O/c14-9-3-5-10(6-4-9)18-12-7-11(15)16-13(17-12)8-1-2-8/h3-8H,1-2H2,(H2,15,16,17). The molecule has 3 rings (SSSR count). The Morgan fingerprint density at radius 2 is 1.89 bits per heavy atom. The van der Waals surface area contributed by atoms with Crippen LogP contribution in [0.1, 0.15) is 24.6 Å². The molecule has 1 heterocycles. The zero-order chi connectivity index (χ0) is 12.5. The van der Waals surface area contributed by atoms with Gasteiger partial charge in [0.05, 0.1) is 0 Å². The Morgan fingerprint density at radius 3 is 2.56 bits per heavy atom. The summed E-state index contributed by atoms with van der Waals surface area (Å²) in [5.74, 6) is 3.01. The van der Waals surface area contributed by atoms with Gasteiger partial charge in [-0.2, -0.15) is 4.98 Å². The molecule has 92 valence electrons. The van der Waals surface area contributed by atoms with Crippen LogP contribution in [-0.2, 0) is 0 Å². The van der Waals surface area contributed by atoms with Crippen molar-refractivity contribution >= 4 is 28.4 Å². The molecule has 0 aliphatic heterocycles. The number of halogens is 1. The van der Waals surface area contributed by atoms with Crippen molar-refractivity contribution < 1.29 is 4.74 Å². The molecule has 2 N–H and O–H groups in total. The van der Waals surface area contributed by atoms with Gasteiger partial charge >= 0.3 is 0 Å². The first-order valence-electron chi connectivity index (χ1n) is 5.78. The minimum absolute atomic E-state index is 0.465. The molecule has 0 atom stereocenters. The van der Waals surface area contributed by atoms with Gasteiger partial charge in [0, 0.05) is 15.6 Å². The predicted octanol–water partition coefficient (Wildman–Crippen LogP) is 3.33. The summed E-state index contributed by atoms with van der Waals surface area (Å²) in [6.45, 7) is 0. The largest absolute Gasteiger partial charge is 0.439 e. The predicted molar refractivity (Wildman–Crippen MR) is 77.7 cm³/mol. The van der Waals surface area contributed by atoms with Gasteiger partial charge in [-0.1, -0.05) is 0 Å². The number of nitrogens with two attached hydrogens (primary N) is 1. The fraction of sp³-hybridized carbons (Fsp3) is 0.231. The second-order valence-corrected chi connectivity index (χ2v) is 5.57. The van der Waals surface area contributed by atoms with Crippen molar-refractivity contribution in [2.24, 2.45) is 0 Å². The summed E-state index contributed by atoms with van der Waals surface area (Å²) in [4.78, 5) is 8.64. The van der Waals surface area contributed by atoms with Gasteiger partial charge < -0.3 is 10.5 Å². The molecule has 0 spiro atoms. The maximum absolute atomic E-state index is 5.77. The lowest BCUT2D eigenvalue weighted by Gasteiger charge is -2.07. The molecule has 1 saturated carbocycles. The zero-order valence-corrected chi connectivity index (χ0v) is 11.8. The quantitative estimate of drug-likeness (QED) is 0.860. The maximum Gasteiger partial charge on any atom is 0.224 e. The smallest absolute Gasteiger partial charge is 0.224 e. The Kier molecular flexibility index (Phi) is 3.07. The summed E-state index contributed by atoms with van der Waals surface area (Å²) < 4.78 is 6.87. The number of nitrogen functional groups attached to an aromatic ring is 1. The molecule has 1 fully saturated rings. The van der Waals surface area contributed by atoms with Crippen LogP contribution < -0.4 is 10.5 Å². The van der Waals surface area contributed by atoms with Crippen LogP contribution in [0.2, 0.25) is 0 Å². The monoisotopic (exact) mass is 353 g/mol. The Morgan fingerprint density at radius 1 is 1.17 bits per heavy atom. The van der Waals surface area contributed by atoms with Gasteiger partial charge in [-0.05, 0) is 59.7 Å². The van der Waals surface area contributed by atoms with Crippen molar-refractivity contribution in [1.29, 1.82) is 0 Å². The van der Waals surface area contributed by atoms with Crippen LogP contribution in [0, 0.1) is 3.57 Å². The average Bonchev–Trinajstić information content (AvgIpc) is 3.15. The van der Waals surface area contributed by atoms with Crippen molar-refractivity contribution in [3.05, 3.63) is 39.7 Å². The van der Waals surface area contributed by atoms with Crippen LogP contribution in [-0.4, -0.2) is 9.97 Å². The zero-order valence-electron chi connectivity index (χ0n) is 9.64. The lowest BCUT2D eigenvalue weighted by Crippen LogP contribution is -2.00. The maximum atomic E-state index is 5.77. The number of benzene rings is 1. The summed E-state index contributed by atoms with van der Waals surface area (Å²) in [6, 6.07) is 9.46. The second-order valence-electron chi connectivity index (χ2n) is 4.32. The third-order valence-electron chi connectivity index (χ3n) is 2.72. The van der Waals surface area contributed by atoms with Crippen LogP contribution in [0.25, 0.3) is 0 Å². The molecule has 2 aromatic rings. The Balaban J connectivity index is 1.85. The molecular formula is C13H12IN3O. The Bertz CT molecular complexity index is 567. The molecule has 0 bridgehead atoms. The third-order valence-corrected chi connectivity index (χ3v) is 3.44. The van der Waals surface area contributed by atoms with E-state index in [1.54, 1.807) is 6.07 Å². The first-order chi connectivity index (χ1) is 8.70. The van der Waals surface area contributed by atoms with E-state index in [0.29, 0.717) is 17.6 Å². The minimum atomic E-state index is 0.465. The molecule has 1 aromatic heterocycles. The lowest BCUT2D eigenvalue weighted by molar-refractivity contribution is 0.459. The first-order valence-corrected chi connectivity index (χ1v) is 6.86. The summed E-state index contributed by atoms with van der Waals surface area (Å²) in [5, 5.41) is 0. The van der Waals surface area contributed by atoms with Crippen molar-refractivity contribution in [2.75, 3.05) is 5.73 Å². The fourth-order valence-electron chi connectivity index (χ4n) is 1.66. The number of ether oxygens (including phenoxy) is 1. The van der Waals surface area contributed by atoms with E-state index < -0.39 is 0 Å². The SMILES string of the molecule is Nc1cc(Oc2ccc(I)cc2)nc(C2CC2)n1. The molecular weight excluding hydrogens is 341 g/mol. The number of hydrogen-bond donors (Lipinski definition) is 1. The fourth-order valence-corrected chi connectivity index (χ4v) is 2.02. The van der Waals surface area contributed by atoms with E-state index in [1.165, 1.54) is 3.57 Å². The van der Waals surface area contributed by atoms with Gasteiger partial charge in [0.1, 0.15) is 17.4 Å². The number of hydrogen-bond acceptors (Lipinski definition) is 4. The normalized spacial score (nSPS) is 14.5. The molecule has 0 radical (unpaired) electrons. The summed E-state index contributed by atoms with van der Waals surface area (Å²) in [6.07, 6.45) is 2.29. The van der Waals surface area contributed by atoms with Crippen molar-refractivity contribution in [3.8, 4) is 11.6 Å². The first kappa shape index (κ1) is 11.7. The molecule has 1 aliphatic carbocycles. The Hall–Kier alpha value is -1.37. The van der Waals surface area contributed by atoms with E-state index in [-0.39, 0.29) is 0 Å². The van der Waals surface area contributed by atoms with Gasteiger partial charge in [0.2, 0.25) is 5.88 Å². The number of aromatic nitrogens is 2. The van der Waals surface area contributed by atoms with Crippen LogP contribution in [0.4, 0.5) is 5.82 Å². The van der Waals surface area contributed by atoms with Gasteiger partial charge in [0.15, 0.2) is 0 Å². The van der Waals surface area contributed by atoms with Gasteiger partial charge in [-0.15, -0.1) is 0 Å². The summed E-state index contributed by atoms with van der Waals surface area (Å²) in [7, 11) is 0. The highest BCUT2D eigenvalue weighted by Crippen LogP contribution is 2.39. The molecule has 1 aromatic carbocycles. The topological polar surface area (TPSA) is 61.0 Å². The van der Waals surface area contributed by atoms with Gasteiger partial charge in [-0.3, -0.25) is 0 Å². The van der Waals surface area contributed by atoms with Crippen molar-refractivity contribution in [2.45, 2.75) is 18.8 Å². The van der Waals surface area contributed by atoms with Gasteiger partial charge in [-0.25, -0.2) is 4.98 Å². The van der Waals surface area contributed by atoms with E-state index in [0.717, 1.165) is 24.4 Å². The molecule has 0 amide bonds. The van der Waals surface area contributed by atoms with Crippen LogP contribution in [0.5, 0.6) is 11.6 Å². The van der Waals surface area contributed by atoms with Crippen LogP contribution in [0.3, 0.4) is 0 Å². The number of nitrogens with zero attached hydrogens (tertiary/aromatic N) is 2. The number of rotatable bonds is 3. The van der Waals surface area contributed by atoms with E-state index >= 15 is 0 Å². The van der Waals surface area contributed by atoms with Gasteiger partial charge in [0.25, 0.3) is 0 Å². The third kappa shape index (κ3) is 2.72. The highest BCUT2D eigenvalue weighted by atomic mass is 127. The second kappa shape index (κ2) is 4.72. The minimum Gasteiger partial charge on any atom is -0.439 e.